The van der Waals surface area contributed by atoms with Gasteiger partial charge in [-0.3, -0.25) is 0 Å². The zero-order valence-corrected chi connectivity index (χ0v) is 12.6. The highest BCUT2D eigenvalue weighted by molar-refractivity contribution is 7.98. The summed E-state index contributed by atoms with van der Waals surface area (Å²) in [7, 11) is 0. The van der Waals surface area contributed by atoms with E-state index in [9.17, 15) is 0 Å². The number of thioether (sulfide) groups is 1. The second-order valence-corrected chi connectivity index (χ2v) is 6.47. The first kappa shape index (κ1) is 13.5. The van der Waals surface area contributed by atoms with Crippen molar-refractivity contribution < 1.29 is 0 Å². The Balaban J connectivity index is 2.13. The van der Waals surface area contributed by atoms with Crippen molar-refractivity contribution in [2.45, 2.75) is 24.8 Å². The van der Waals surface area contributed by atoms with E-state index in [1.165, 1.54) is 15.5 Å². The molecule has 1 heterocycles. The quantitative estimate of drug-likeness (QED) is 0.746. The van der Waals surface area contributed by atoms with Gasteiger partial charge in [-0.15, -0.1) is 23.1 Å². The Morgan fingerprint density at radius 3 is 2.33 bits per heavy atom. The monoisotopic (exact) mass is 277 g/mol. The third kappa shape index (κ3) is 3.30. The first-order valence-corrected chi connectivity index (χ1v) is 8.25. The van der Waals surface area contributed by atoms with Gasteiger partial charge < -0.3 is 5.32 Å². The van der Waals surface area contributed by atoms with Gasteiger partial charge in [0.25, 0.3) is 0 Å². The van der Waals surface area contributed by atoms with Gasteiger partial charge in [-0.2, -0.15) is 0 Å². The van der Waals surface area contributed by atoms with Gasteiger partial charge in [0.15, 0.2) is 0 Å². The molecule has 2 aromatic rings. The van der Waals surface area contributed by atoms with Crippen molar-refractivity contribution in [3.63, 3.8) is 0 Å². The molecule has 1 aromatic heterocycles. The fraction of sp³-hybridized carbons (Fsp3) is 0.333. The largest absolute Gasteiger partial charge is 0.377 e. The van der Waals surface area contributed by atoms with Crippen LogP contribution < -0.4 is 5.32 Å². The molecule has 1 N–H and O–H groups in total. The van der Waals surface area contributed by atoms with E-state index < -0.39 is 0 Å². The maximum absolute atomic E-state index is 3.63. The van der Waals surface area contributed by atoms with Crippen LogP contribution in [0.5, 0.6) is 0 Å². The normalized spacial score (nSPS) is 12.7. The number of rotatable bonds is 5. The van der Waals surface area contributed by atoms with Crippen molar-refractivity contribution in [2.24, 2.45) is 5.92 Å². The summed E-state index contributed by atoms with van der Waals surface area (Å²) in [6, 6.07) is 13.4. The van der Waals surface area contributed by atoms with E-state index in [-0.39, 0.29) is 0 Å². The molecule has 96 valence electrons. The van der Waals surface area contributed by atoms with Crippen molar-refractivity contribution in [1.29, 1.82) is 0 Å². The van der Waals surface area contributed by atoms with E-state index in [4.69, 9.17) is 0 Å². The van der Waals surface area contributed by atoms with Crippen LogP contribution in [0, 0.1) is 5.92 Å². The zero-order valence-electron chi connectivity index (χ0n) is 11.0. The second-order valence-electron chi connectivity index (χ2n) is 4.61. The molecule has 2 rings (SSSR count). The van der Waals surface area contributed by atoms with E-state index >= 15 is 0 Å². The molecule has 0 bridgehead atoms. The number of benzene rings is 1. The Morgan fingerprint density at radius 2 is 1.83 bits per heavy atom. The number of anilines is 1. The van der Waals surface area contributed by atoms with Crippen molar-refractivity contribution in [1.82, 2.24) is 0 Å². The van der Waals surface area contributed by atoms with Gasteiger partial charge in [0.05, 0.1) is 6.04 Å². The van der Waals surface area contributed by atoms with Crippen LogP contribution in [0.1, 0.15) is 24.8 Å². The number of nitrogens with one attached hydrogen (secondary N) is 1. The summed E-state index contributed by atoms with van der Waals surface area (Å²) in [6.45, 7) is 4.52. The molecule has 0 aliphatic carbocycles. The lowest BCUT2D eigenvalue weighted by molar-refractivity contribution is 0.554. The first-order chi connectivity index (χ1) is 8.70. The molecule has 0 saturated heterocycles. The molecule has 0 spiro atoms. The van der Waals surface area contributed by atoms with Gasteiger partial charge in [0.1, 0.15) is 0 Å². The topological polar surface area (TPSA) is 12.0 Å². The summed E-state index contributed by atoms with van der Waals surface area (Å²) in [5, 5.41) is 5.78. The summed E-state index contributed by atoms with van der Waals surface area (Å²) < 4.78 is 0. The minimum atomic E-state index is 0.394. The highest BCUT2D eigenvalue weighted by Gasteiger charge is 2.16. The van der Waals surface area contributed by atoms with Crippen molar-refractivity contribution in [2.75, 3.05) is 11.6 Å². The molecule has 0 radical (unpaired) electrons. The predicted molar refractivity (Wildman–Crippen MR) is 83.7 cm³/mol. The zero-order chi connectivity index (χ0) is 13.0. The smallest absolute Gasteiger partial charge is 0.0629 e. The summed E-state index contributed by atoms with van der Waals surface area (Å²) in [4.78, 5) is 2.71. The SMILES string of the molecule is CSc1ccc(NC(c2cccs2)C(C)C)cc1. The van der Waals surface area contributed by atoms with Crippen molar-refractivity contribution >= 4 is 28.8 Å². The van der Waals surface area contributed by atoms with Gasteiger partial charge in [0.2, 0.25) is 0 Å². The second kappa shape index (κ2) is 6.30. The molecular formula is C15H19NS2. The maximum atomic E-state index is 3.63. The lowest BCUT2D eigenvalue weighted by Crippen LogP contribution is -2.15. The molecule has 1 aromatic carbocycles. The molecule has 0 fully saturated rings. The average Bonchev–Trinajstić information content (AvgIpc) is 2.90. The third-order valence-electron chi connectivity index (χ3n) is 2.93. The summed E-state index contributed by atoms with van der Waals surface area (Å²) in [6.07, 6.45) is 2.10. The van der Waals surface area contributed by atoms with Crippen LogP contribution in [-0.2, 0) is 0 Å². The van der Waals surface area contributed by atoms with E-state index in [0.717, 1.165) is 0 Å². The minimum Gasteiger partial charge on any atom is -0.377 e. The highest BCUT2D eigenvalue weighted by atomic mass is 32.2. The fourth-order valence-corrected chi connectivity index (χ4v) is 3.26. The van der Waals surface area contributed by atoms with E-state index in [1.54, 1.807) is 11.8 Å². The van der Waals surface area contributed by atoms with Crippen molar-refractivity contribution in [3.05, 3.63) is 46.7 Å². The summed E-state index contributed by atoms with van der Waals surface area (Å²) >= 11 is 3.59. The molecule has 1 unspecified atom stereocenters. The molecule has 18 heavy (non-hydrogen) atoms. The lowest BCUT2D eigenvalue weighted by atomic mass is 10.0. The summed E-state index contributed by atoms with van der Waals surface area (Å²) in [5.41, 5.74) is 1.19. The van der Waals surface area contributed by atoms with Crippen LogP contribution in [0.25, 0.3) is 0 Å². The molecule has 0 aliphatic heterocycles. The van der Waals surface area contributed by atoms with E-state index in [1.807, 2.05) is 11.3 Å². The molecule has 1 nitrogen and oxygen atoms in total. The van der Waals surface area contributed by atoms with Gasteiger partial charge >= 0.3 is 0 Å². The van der Waals surface area contributed by atoms with Gasteiger partial charge in [0, 0.05) is 15.5 Å². The van der Waals surface area contributed by atoms with Crippen LogP contribution in [0.2, 0.25) is 0 Å². The average molecular weight is 277 g/mol. The number of hydrogen-bond acceptors (Lipinski definition) is 3. The maximum Gasteiger partial charge on any atom is 0.0629 e. The van der Waals surface area contributed by atoms with Crippen LogP contribution in [0.3, 0.4) is 0 Å². The van der Waals surface area contributed by atoms with Crippen LogP contribution in [0.15, 0.2) is 46.7 Å². The molecule has 0 amide bonds. The predicted octanol–water partition coefficient (Wildman–Crippen LogP) is 5.28. The molecular weight excluding hydrogens is 258 g/mol. The first-order valence-electron chi connectivity index (χ1n) is 6.14. The Kier molecular flexibility index (Phi) is 4.72. The van der Waals surface area contributed by atoms with Crippen molar-refractivity contribution in [3.8, 4) is 0 Å². The highest BCUT2D eigenvalue weighted by Crippen LogP contribution is 2.30. The van der Waals surface area contributed by atoms with Crippen LogP contribution >= 0.6 is 23.1 Å². The minimum absolute atomic E-state index is 0.394. The lowest BCUT2D eigenvalue weighted by Gasteiger charge is -2.22. The molecule has 0 aliphatic rings. The molecule has 3 heteroatoms. The van der Waals surface area contributed by atoms with Gasteiger partial charge in [-0.05, 0) is 47.9 Å². The number of hydrogen-bond donors (Lipinski definition) is 1. The van der Waals surface area contributed by atoms with E-state index in [0.29, 0.717) is 12.0 Å². The van der Waals surface area contributed by atoms with Gasteiger partial charge in [-0.25, -0.2) is 0 Å². The Hall–Kier alpha value is -0.930. The molecule has 1 atom stereocenters. The number of thiophene rings is 1. The van der Waals surface area contributed by atoms with Crippen LogP contribution in [0.4, 0.5) is 5.69 Å². The van der Waals surface area contributed by atoms with E-state index in [2.05, 4.69) is 67.2 Å². The standard InChI is InChI=1S/C15H19NS2/c1-11(2)15(14-5-4-10-18-14)16-12-6-8-13(17-3)9-7-12/h4-11,15-16H,1-3H3. The fourth-order valence-electron chi connectivity index (χ4n) is 1.90. The summed E-state index contributed by atoms with van der Waals surface area (Å²) in [5.74, 6) is 0.573. The Bertz CT molecular complexity index is 460. The van der Waals surface area contributed by atoms with Crippen LogP contribution in [-0.4, -0.2) is 6.26 Å². The molecule has 0 saturated carbocycles. The Morgan fingerprint density at radius 1 is 1.11 bits per heavy atom. The van der Waals surface area contributed by atoms with Gasteiger partial charge in [-0.1, -0.05) is 19.9 Å². The third-order valence-corrected chi connectivity index (χ3v) is 4.63. The Labute approximate surface area is 118 Å².